The Bertz CT molecular complexity index is 318. The van der Waals surface area contributed by atoms with Crippen LogP contribution in [0.1, 0.15) is 46.0 Å². The van der Waals surface area contributed by atoms with Crippen molar-refractivity contribution < 1.29 is 13.2 Å². The SMILES string of the molecule is CCC(=O)C(C)NS(=O)(=O)C1CCCC1. The minimum Gasteiger partial charge on any atom is -0.298 e. The molecule has 5 heteroatoms. The van der Waals surface area contributed by atoms with Crippen molar-refractivity contribution in [3.8, 4) is 0 Å². The number of carbonyl (C=O) groups excluding carboxylic acids is 1. The summed E-state index contributed by atoms with van der Waals surface area (Å²) in [6, 6.07) is -0.583. The highest BCUT2D eigenvalue weighted by molar-refractivity contribution is 7.90. The van der Waals surface area contributed by atoms with Gasteiger partial charge in [-0.15, -0.1) is 0 Å². The van der Waals surface area contributed by atoms with Gasteiger partial charge in [0.15, 0.2) is 0 Å². The van der Waals surface area contributed by atoms with Crippen molar-refractivity contribution >= 4 is 15.8 Å². The number of hydrogen-bond donors (Lipinski definition) is 1. The fourth-order valence-corrected chi connectivity index (χ4v) is 3.68. The van der Waals surface area contributed by atoms with Crippen LogP contribution >= 0.6 is 0 Å². The van der Waals surface area contributed by atoms with Crippen LogP contribution in [0.5, 0.6) is 0 Å². The molecule has 88 valence electrons. The smallest absolute Gasteiger partial charge is 0.215 e. The molecule has 0 aromatic rings. The highest BCUT2D eigenvalue weighted by Crippen LogP contribution is 2.24. The van der Waals surface area contributed by atoms with E-state index < -0.39 is 16.1 Å². The van der Waals surface area contributed by atoms with Crippen LogP contribution in [0.15, 0.2) is 0 Å². The van der Waals surface area contributed by atoms with Crippen molar-refractivity contribution in [1.29, 1.82) is 0 Å². The van der Waals surface area contributed by atoms with E-state index >= 15 is 0 Å². The second-order valence-electron chi connectivity index (χ2n) is 4.11. The lowest BCUT2D eigenvalue weighted by molar-refractivity contribution is -0.119. The lowest BCUT2D eigenvalue weighted by Gasteiger charge is -2.16. The Labute approximate surface area is 91.5 Å². The minimum atomic E-state index is -3.29. The third-order valence-electron chi connectivity index (χ3n) is 2.91. The second-order valence-corrected chi connectivity index (χ2v) is 6.10. The Morgan fingerprint density at radius 3 is 2.40 bits per heavy atom. The van der Waals surface area contributed by atoms with Crippen molar-refractivity contribution in [2.75, 3.05) is 0 Å². The monoisotopic (exact) mass is 233 g/mol. The van der Waals surface area contributed by atoms with E-state index in [9.17, 15) is 13.2 Å². The summed E-state index contributed by atoms with van der Waals surface area (Å²) < 4.78 is 26.1. The third-order valence-corrected chi connectivity index (χ3v) is 4.94. The zero-order chi connectivity index (χ0) is 11.5. The maximum atomic E-state index is 11.8. The molecule has 0 amide bonds. The molecule has 0 aromatic carbocycles. The molecule has 1 unspecified atom stereocenters. The lowest BCUT2D eigenvalue weighted by atomic mass is 10.2. The number of carbonyl (C=O) groups is 1. The van der Waals surface area contributed by atoms with Crippen molar-refractivity contribution in [3.63, 3.8) is 0 Å². The fourth-order valence-electron chi connectivity index (χ4n) is 1.91. The normalized spacial score (nSPS) is 20.4. The van der Waals surface area contributed by atoms with Gasteiger partial charge < -0.3 is 0 Å². The average molecular weight is 233 g/mol. The van der Waals surface area contributed by atoms with Crippen LogP contribution in [0, 0.1) is 0 Å². The Hall–Kier alpha value is -0.420. The lowest BCUT2D eigenvalue weighted by Crippen LogP contribution is -2.42. The van der Waals surface area contributed by atoms with Gasteiger partial charge in [-0.1, -0.05) is 19.8 Å². The molecule has 0 aromatic heterocycles. The molecule has 1 fully saturated rings. The third kappa shape index (κ3) is 3.28. The van der Waals surface area contributed by atoms with Gasteiger partial charge in [0.25, 0.3) is 0 Å². The summed E-state index contributed by atoms with van der Waals surface area (Å²) in [5, 5.41) is -0.287. The Kier molecular flexibility index (Phi) is 4.28. The van der Waals surface area contributed by atoms with Gasteiger partial charge in [-0.2, -0.15) is 0 Å². The van der Waals surface area contributed by atoms with Crippen LogP contribution in [-0.4, -0.2) is 25.5 Å². The van der Waals surface area contributed by atoms with Crippen molar-refractivity contribution in [1.82, 2.24) is 4.72 Å². The van der Waals surface area contributed by atoms with E-state index in [-0.39, 0.29) is 11.0 Å². The molecule has 1 aliphatic rings. The number of nitrogens with one attached hydrogen (secondary N) is 1. The molecule has 0 saturated heterocycles. The maximum Gasteiger partial charge on any atom is 0.215 e. The molecule has 0 radical (unpaired) electrons. The van der Waals surface area contributed by atoms with E-state index in [1.54, 1.807) is 13.8 Å². The van der Waals surface area contributed by atoms with E-state index in [0.717, 1.165) is 25.7 Å². The standard InChI is InChI=1S/C10H19NO3S/c1-3-10(12)8(2)11-15(13,14)9-6-4-5-7-9/h8-9,11H,3-7H2,1-2H3. The first-order valence-corrected chi connectivity index (χ1v) is 7.06. The predicted molar refractivity (Wildman–Crippen MR) is 59.1 cm³/mol. The van der Waals surface area contributed by atoms with Crippen LogP contribution in [0.4, 0.5) is 0 Å². The molecule has 1 saturated carbocycles. The molecule has 1 aliphatic carbocycles. The fraction of sp³-hybridized carbons (Fsp3) is 0.900. The summed E-state index contributed by atoms with van der Waals surface area (Å²) in [7, 11) is -3.29. The van der Waals surface area contributed by atoms with Gasteiger partial charge in [-0.05, 0) is 19.8 Å². The molecule has 4 nitrogen and oxygen atoms in total. The van der Waals surface area contributed by atoms with Crippen LogP contribution in [0.25, 0.3) is 0 Å². The van der Waals surface area contributed by atoms with Crippen LogP contribution in [0.2, 0.25) is 0 Å². The summed E-state index contributed by atoms with van der Waals surface area (Å²) in [6.45, 7) is 3.35. The van der Waals surface area contributed by atoms with Gasteiger partial charge in [0.1, 0.15) is 5.78 Å². The highest BCUT2D eigenvalue weighted by Gasteiger charge is 2.30. The van der Waals surface area contributed by atoms with E-state index in [2.05, 4.69) is 4.72 Å². The van der Waals surface area contributed by atoms with Gasteiger partial charge in [0.05, 0.1) is 11.3 Å². The Morgan fingerprint density at radius 2 is 1.93 bits per heavy atom. The van der Waals surface area contributed by atoms with Crippen LogP contribution in [0.3, 0.4) is 0 Å². The van der Waals surface area contributed by atoms with Gasteiger partial charge >= 0.3 is 0 Å². The number of hydrogen-bond acceptors (Lipinski definition) is 3. The summed E-state index contributed by atoms with van der Waals surface area (Å²) >= 11 is 0. The zero-order valence-electron chi connectivity index (χ0n) is 9.32. The molecular formula is C10H19NO3S. The molecule has 0 heterocycles. The molecule has 15 heavy (non-hydrogen) atoms. The van der Waals surface area contributed by atoms with Gasteiger partial charge in [0.2, 0.25) is 10.0 Å². The van der Waals surface area contributed by atoms with Gasteiger partial charge in [0, 0.05) is 6.42 Å². The number of sulfonamides is 1. The molecule has 1 atom stereocenters. The highest BCUT2D eigenvalue weighted by atomic mass is 32.2. The van der Waals surface area contributed by atoms with E-state index in [1.165, 1.54) is 0 Å². The zero-order valence-corrected chi connectivity index (χ0v) is 10.1. The number of ketones is 1. The van der Waals surface area contributed by atoms with Crippen LogP contribution in [-0.2, 0) is 14.8 Å². The first kappa shape index (κ1) is 12.6. The summed E-state index contributed by atoms with van der Waals surface area (Å²) in [5.74, 6) is -0.0587. The van der Waals surface area contributed by atoms with Gasteiger partial charge in [-0.3, -0.25) is 4.79 Å². The summed E-state index contributed by atoms with van der Waals surface area (Å²) in [5.41, 5.74) is 0. The topological polar surface area (TPSA) is 63.2 Å². The average Bonchev–Trinajstić information content (AvgIpc) is 2.69. The quantitative estimate of drug-likeness (QED) is 0.776. The number of rotatable bonds is 5. The Morgan fingerprint density at radius 1 is 1.40 bits per heavy atom. The van der Waals surface area contributed by atoms with Crippen LogP contribution < -0.4 is 4.72 Å². The summed E-state index contributed by atoms with van der Waals surface area (Å²) in [6.07, 6.45) is 3.77. The van der Waals surface area contributed by atoms with Crippen molar-refractivity contribution in [3.05, 3.63) is 0 Å². The van der Waals surface area contributed by atoms with E-state index in [4.69, 9.17) is 0 Å². The first-order chi connectivity index (χ1) is 6.97. The number of Topliss-reactive ketones (excluding diaryl/α,β-unsaturated/α-hetero) is 1. The van der Waals surface area contributed by atoms with Gasteiger partial charge in [-0.25, -0.2) is 13.1 Å². The van der Waals surface area contributed by atoms with E-state index in [1.807, 2.05) is 0 Å². The molecule has 1 rings (SSSR count). The molecular weight excluding hydrogens is 214 g/mol. The molecule has 0 spiro atoms. The van der Waals surface area contributed by atoms with Crippen molar-refractivity contribution in [2.24, 2.45) is 0 Å². The molecule has 0 bridgehead atoms. The first-order valence-electron chi connectivity index (χ1n) is 5.51. The molecule has 0 aliphatic heterocycles. The Balaban J connectivity index is 2.59. The van der Waals surface area contributed by atoms with Crippen molar-refractivity contribution in [2.45, 2.75) is 57.2 Å². The minimum absolute atomic E-state index is 0.0587. The largest absolute Gasteiger partial charge is 0.298 e. The summed E-state index contributed by atoms with van der Waals surface area (Å²) in [4.78, 5) is 11.3. The van der Waals surface area contributed by atoms with E-state index in [0.29, 0.717) is 6.42 Å². The second kappa shape index (κ2) is 5.07. The maximum absolute atomic E-state index is 11.8. The molecule has 1 N–H and O–H groups in total. The predicted octanol–water partition coefficient (Wildman–Crippen LogP) is 1.22.